The molecule has 6 heteroatoms. The summed E-state index contributed by atoms with van der Waals surface area (Å²) in [7, 11) is 0. The highest BCUT2D eigenvalue weighted by atomic mass is 16.4. The summed E-state index contributed by atoms with van der Waals surface area (Å²) in [5.74, 6) is -1.16. The molecule has 0 unspecified atom stereocenters. The maximum absolute atomic E-state index is 10.0. The normalized spacial score (nSPS) is 17.4. The minimum absolute atomic E-state index is 0.582. The average Bonchev–Trinajstić information content (AvgIpc) is 2.67. The second kappa shape index (κ2) is 9.17. The number of hydrogen-bond acceptors (Lipinski definition) is 6. The van der Waals surface area contributed by atoms with Gasteiger partial charge >= 0.3 is 0 Å². The van der Waals surface area contributed by atoms with Gasteiger partial charge in [0.05, 0.1) is 0 Å². The fourth-order valence-corrected chi connectivity index (χ4v) is 2.33. The first-order valence-corrected chi connectivity index (χ1v) is 8.03. The summed E-state index contributed by atoms with van der Waals surface area (Å²) in [6, 6.07) is 17.2. The Morgan fingerprint density at radius 2 is 0.885 bits per heavy atom. The Hall–Kier alpha value is -2.64. The van der Waals surface area contributed by atoms with Gasteiger partial charge in [0.1, 0.15) is 35.9 Å². The van der Waals surface area contributed by atoms with Gasteiger partial charge in [0.2, 0.25) is 0 Å². The van der Waals surface area contributed by atoms with E-state index in [-0.39, 0.29) is 0 Å². The quantitative estimate of drug-likeness (QED) is 0.419. The molecule has 0 aliphatic carbocycles. The van der Waals surface area contributed by atoms with Crippen molar-refractivity contribution in [1.82, 2.24) is 0 Å². The van der Waals surface area contributed by atoms with Crippen LogP contribution in [0.25, 0.3) is 12.2 Å². The number of aliphatic hydroxyl groups excluding tert-OH is 6. The smallest absolute Gasteiger partial charge is 0.139 e. The zero-order valence-electron chi connectivity index (χ0n) is 13.9. The molecule has 0 aliphatic heterocycles. The van der Waals surface area contributed by atoms with Crippen LogP contribution in [0.2, 0.25) is 0 Å². The van der Waals surface area contributed by atoms with Crippen molar-refractivity contribution in [3.05, 3.63) is 83.3 Å². The Morgan fingerprint density at radius 3 is 1.19 bits per heavy atom. The third kappa shape index (κ3) is 5.18. The molecule has 2 aromatic rings. The van der Waals surface area contributed by atoms with Crippen LogP contribution in [0.1, 0.15) is 11.1 Å². The molecule has 2 rings (SSSR count). The van der Waals surface area contributed by atoms with Crippen molar-refractivity contribution < 1.29 is 30.6 Å². The van der Waals surface area contributed by atoms with Crippen LogP contribution in [0.5, 0.6) is 0 Å². The Labute approximate surface area is 151 Å². The summed E-state index contributed by atoms with van der Waals surface area (Å²) in [5.41, 5.74) is 1.16. The van der Waals surface area contributed by atoms with Crippen LogP contribution >= 0.6 is 0 Å². The van der Waals surface area contributed by atoms with Crippen molar-refractivity contribution in [2.24, 2.45) is 0 Å². The fraction of sp³-hybridized carbons (Fsp3) is 0.200. The first-order valence-electron chi connectivity index (χ1n) is 8.03. The predicted octanol–water partition coefficient (Wildman–Crippen LogP) is 1.63. The van der Waals surface area contributed by atoms with E-state index in [1.807, 2.05) is 0 Å². The molecule has 0 amide bonds. The number of aliphatic hydroxyl groups is 6. The lowest BCUT2D eigenvalue weighted by Gasteiger charge is -2.26. The Bertz CT molecular complexity index is 676. The van der Waals surface area contributed by atoms with Gasteiger partial charge < -0.3 is 30.6 Å². The van der Waals surface area contributed by atoms with E-state index in [4.69, 9.17) is 0 Å². The van der Waals surface area contributed by atoms with Crippen molar-refractivity contribution in [3.8, 4) is 0 Å². The summed E-state index contributed by atoms with van der Waals surface area (Å²) in [4.78, 5) is 0. The number of benzene rings is 2. The van der Waals surface area contributed by atoms with Gasteiger partial charge in [-0.1, -0.05) is 60.7 Å². The summed E-state index contributed by atoms with van der Waals surface area (Å²) in [5, 5.41) is 59.9. The second-order valence-electron chi connectivity index (χ2n) is 5.83. The van der Waals surface area contributed by atoms with Crippen LogP contribution in [0.15, 0.2) is 72.2 Å². The van der Waals surface area contributed by atoms with Crippen molar-refractivity contribution in [3.63, 3.8) is 0 Å². The highest BCUT2D eigenvalue weighted by molar-refractivity contribution is 5.52. The fourth-order valence-electron chi connectivity index (χ4n) is 2.33. The van der Waals surface area contributed by atoms with Crippen LogP contribution < -0.4 is 0 Å². The van der Waals surface area contributed by atoms with E-state index in [0.29, 0.717) is 11.1 Å². The molecule has 2 aromatic carbocycles. The third-order valence-electron chi connectivity index (χ3n) is 3.83. The Balaban J connectivity index is 2.08. The van der Waals surface area contributed by atoms with Crippen LogP contribution in [-0.2, 0) is 0 Å². The molecule has 0 aromatic heterocycles. The number of rotatable bonds is 7. The zero-order valence-corrected chi connectivity index (χ0v) is 13.9. The van der Waals surface area contributed by atoms with Gasteiger partial charge in [-0.25, -0.2) is 0 Å². The van der Waals surface area contributed by atoms with Crippen molar-refractivity contribution >= 4 is 12.2 Å². The molecular formula is C20H22O6. The Morgan fingerprint density at radius 1 is 0.577 bits per heavy atom. The van der Waals surface area contributed by atoms with Crippen molar-refractivity contribution in [2.75, 3.05) is 0 Å². The molecule has 0 radical (unpaired) electrons. The van der Waals surface area contributed by atoms with Crippen molar-refractivity contribution in [2.45, 2.75) is 24.4 Å². The van der Waals surface area contributed by atoms with Crippen LogP contribution in [0, 0.1) is 0 Å². The first kappa shape index (κ1) is 19.7. The lowest BCUT2D eigenvalue weighted by molar-refractivity contribution is -0.0996. The first-order chi connectivity index (χ1) is 12.4. The van der Waals surface area contributed by atoms with E-state index in [2.05, 4.69) is 0 Å². The van der Waals surface area contributed by atoms with E-state index >= 15 is 0 Å². The molecule has 0 heterocycles. The highest BCUT2D eigenvalue weighted by Crippen LogP contribution is 2.17. The maximum atomic E-state index is 10.0. The lowest BCUT2D eigenvalue weighted by Crippen LogP contribution is -2.45. The van der Waals surface area contributed by atoms with Gasteiger partial charge in [-0.2, -0.15) is 0 Å². The molecular weight excluding hydrogens is 336 g/mol. The predicted molar refractivity (Wildman–Crippen MR) is 98.1 cm³/mol. The summed E-state index contributed by atoms with van der Waals surface area (Å²) < 4.78 is 0. The lowest BCUT2D eigenvalue weighted by atomic mass is 9.99. The van der Waals surface area contributed by atoms with Gasteiger partial charge in [-0.3, -0.25) is 0 Å². The molecule has 6 N–H and O–H groups in total. The molecule has 0 bridgehead atoms. The largest absolute Gasteiger partial charge is 0.509 e. The summed E-state index contributed by atoms with van der Waals surface area (Å²) in [6.07, 6.45) is -5.07. The molecule has 0 aliphatic rings. The topological polar surface area (TPSA) is 121 Å². The number of hydrogen-bond donors (Lipinski definition) is 6. The van der Waals surface area contributed by atoms with Crippen molar-refractivity contribution in [1.29, 1.82) is 0 Å². The van der Waals surface area contributed by atoms with E-state index in [1.165, 1.54) is 12.2 Å². The molecule has 6 nitrogen and oxygen atoms in total. The monoisotopic (exact) mass is 358 g/mol. The molecule has 0 saturated carbocycles. The van der Waals surface area contributed by atoms with Crippen LogP contribution in [0.3, 0.4) is 0 Å². The highest BCUT2D eigenvalue weighted by Gasteiger charge is 2.34. The van der Waals surface area contributed by atoms with E-state index in [1.54, 1.807) is 60.7 Å². The molecule has 4 atom stereocenters. The molecule has 138 valence electrons. The summed E-state index contributed by atoms with van der Waals surface area (Å²) in [6.45, 7) is 0. The molecule has 0 fully saturated rings. The summed E-state index contributed by atoms with van der Waals surface area (Å²) >= 11 is 0. The van der Waals surface area contributed by atoms with Gasteiger partial charge in [0, 0.05) is 0 Å². The SMILES string of the molecule is O/C(=C/c1ccccc1)[C@@H](O)[C@@H](O)[C@H](O)[C@@H](O)/C(O)=C\c1ccccc1. The van der Waals surface area contributed by atoms with E-state index in [9.17, 15) is 30.6 Å². The third-order valence-corrected chi connectivity index (χ3v) is 3.83. The second-order valence-corrected chi connectivity index (χ2v) is 5.83. The van der Waals surface area contributed by atoms with Gasteiger partial charge in [-0.15, -0.1) is 0 Å². The van der Waals surface area contributed by atoms with E-state index in [0.717, 1.165) is 0 Å². The minimum atomic E-state index is -1.92. The average molecular weight is 358 g/mol. The van der Waals surface area contributed by atoms with E-state index < -0.39 is 35.9 Å². The van der Waals surface area contributed by atoms with Gasteiger partial charge in [0.25, 0.3) is 0 Å². The minimum Gasteiger partial charge on any atom is -0.509 e. The van der Waals surface area contributed by atoms with Crippen LogP contribution in [-0.4, -0.2) is 55.1 Å². The Kier molecular flexibility index (Phi) is 6.94. The molecule has 26 heavy (non-hydrogen) atoms. The van der Waals surface area contributed by atoms with Crippen LogP contribution in [0.4, 0.5) is 0 Å². The van der Waals surface area contributed by atoms with Gasteiger partial charge in [-0.05, 0) is 23.3 Å². The standard InChI is InChI=1S/C20H22O6/c21-15(11-13-7-3-1-4-8-13)17(23)19(25)20(26)18(24)16(22)12-14-9-5-2-6-10-14/h1-12,17-26H/b15-11+,16-12+/t17-,18+,19-,20-/m1/s1. The zero-order chi connectivity index (χ0) is 19.1. The van der Waals surface area contributed by atoms with Gasteiger partial charge in [0.15, 0.2) is 0 Å². The molecule has 0 saturated heterocycles. The maximum Gasteiger partial charge on any atom is 0.139 e. The molecule has 0 spiro atoms.